The first-order chi connectivity index (χ1) is 9.88. The van der Waals surface area contributed by atoms with Gasteiger partial charge in [-0.05, 0) is 17.7 Å². The maximum Gasteiger partial charge on any atom is 0.126 e. The lowest BCUT2D eigenvalue weighted by molar-refractivity contribution is 0.282. The molecule has 0 fully saturated rings. The van der Waals surface area contributed by atoms with Crippen LogP contribution < -0.4 is 0 Å². The second-order valence-electron chi connectivity index (χ2n) is 4.21. The Morgan fingerprint density at radius 3 is 2.50 bits per heavy atom. The van der Waals surface area contributed by atoms with Gasteiger partial charge in [-0.1, -0.05) is 0 Å². The van der Waals surface area contributed by atoms with Crippen molar-refractivity contribution in [3.63, 3.8) is 0 Å². The molecule has 3 aromatic rings. The SMILES string of the molecule is OCC(c1ccncc1)c1cnc(-c2cncnc2)s1. The molecule has 3 rings (SSSR count). The summed E-state index contributed by atoms with van der Waals surface area (Å²) in [4.78, 5) is 17.4. The molecule has 0 saturated carbocycles. The van der Waals surface area contributed by atoms with Crippen LogP contribution in [0.4, 0.5) is 0 Å². The Morgan fingerprint density at radius 2 is 1.80 bits per heavy atom. The van der Waals surface area contributed by atoms with Crippen molar-refractivity contribution in [2.24, 2.45) is 0 Å². The van der Waals surface area contributed by atoms with Gasteiger partial charge in [0.25, 0.3) is 0 Å². The molecule has 0 radical (unpaired) electrons. The van der Waals surface area contributed by atoms with Crippen LogP contribution in [0.5, 0.6) is 0 Å². The summed E-state index contributed by atoms with van der Waals surface area (Å²) in [7, 11) is 0. The fourth-order valence-corrected chi connectivity index (χ4v) is 2.96. The van der Waals surface area contributed by atoms with Crippen LogP contribution in [0.2, 0.25) is 0 Å². The summed E-state index contributed by atoms with van der Waals surface area (Å²) >= 11 is 1.54. The topological polar surface area (TPSA) is 71.8 Å². The predicted octanol–water partition coefficient (Wildman–Crippen LogP) is 2.12. The number of rotatable bonds is 4. The van der Waals surface area contributed by atoms with E-state index in [1.807, 2.05) is 12.1 Å². The average Bonchev–Trinajstić information content (AvgIpc) is 3.00. The normalized spacial score (nSPS) is 12.2. The first-order valence-corrected chi connectivity index (χ1v) is 6.92. The molecule has 0 aliphatic heterocycles. The lowest BCUT2D eigenvalue weighted by atomic mass is 10.0. The standard InChI is InChI=1S/C14H12N4OS/c19-8-12(10-1-3-15-4-2-10)13-7-18-14(20-13)11-5-16-9-17-6-11/h1-7,9,12,19H,8H2. The van der Waals surface area contributed by atoms with Gasteiger partial charge in [-0.15, -0.1) is 11.3 Å². The summed E-state index contributed by atoms with van der Waals surface area (Å²) in [6, 6.07) is 3.82. The molecule has 0 aromatic carbocycles. The van der Waals surface area contributed by atoms with Gasteiger partial charge in [0.1, 0.15) is 11.3 Å². The Labute approximate surface area is 120 Å². The van der Waals surface area contributed by atoms with Crippen LogP contribution in [0.3, 0.4) is 0 Å². The lowest BCUT2D eigenvalue weighted by Gasteiger charge is -2.11. The molecule has 100 valence electrons. The fourth-order valence-electron chi connectivity index (χ4n) is 1.95. The number of pyridine rings is 1. The number of hydrogen-bond acceptors (Lipinski definition) is 6. The molecule has 3 aromatic heterocycles. The van der Waals surface area contributed by atoms with Gasteiger partial charge in [-0.2, -0.15) is 0 Å². The van der Waals surface area contributed by atoms with Crippen LogP contribution in [0.15, 0.2) is 49.4 Å². The smallest absolute Gasteiger partial charge is 0.126 e. The van der Waals surface area contributed by atoms with E-state index in [-0.39, 0.29) is 12.5 Å². The Balaban J connectivity index is 1.93. The molecular formula is C14H12N4OS. The van der Waals surface area contributed by atoms with Gasteiger partial charge in [-0.25, -0.2) is 15.0 Å². The van der Waals surface area contributed by atoms with Gasteiger partial charge in [0.05, 0.1) is 6.61 Å². The minimum atomic E-state index is -0.0751. The highest BCUT2D eigenvalue weighted by Gasteiger charge is 2.17. The van der Waals surface area contributed by atoms with Gasteiger partial charge in [0, 0.05) is 47.3 Å². The van der Waals surface area contributed by atoms with E-state index in [0.717, 1.165) is 21.0 Å². The minimum absolute atomic E-state index is 0.0386. The lowest BCUT2D eigenvalue weighted by Crippen LogP contribution is -2.03. The Kier molecular flexibility index (Phi) is 3.76. The highest BCUT2D eigenvalue weighted by molar-refractivity contribution is 7.15. The Morgan fingerprint density at radius 1 is 1.05 bits per heavy atom. The van der Waals surface area contributed by atoms with E-state index < -0.39 is 0 Å². The molecule has 0 amide bonds. The highest BCUT2D eigenvalue weighted by atomic mass is 32.1. The van der Waals surface area contributed by atoms with Crippen LogP contribution in [0.25, 0.3) is 10.6 Å². The van der Waals surface area contributed by atoms with Crippen molar-refractivity contribution in [1.82, 2.24) is 19.9 Å². The second-order valence-corrected chi connectivity index (χ2v) is 5.27. The molecule has 0 aliphatic carbocycles. The predicted molar refractivity (Wildman–Crippen MR) is 76.3 cm³/mol. The largest absolute Gasteiger partial charge is 0.395 e. The third kappa shape index (κ3) is 2.56. The molecule has 1 atom stereocenters. The molecule has 1 N–H and O–H groups in total. The molecule has 0 bridgehead atoms. The molecule has 6 heteroatoms. The van der Waals surface area contributed by atoms with Crippen LogP contribution in [0, 0.1) is 0 Å². The van der Waals surface area contributed by atoms with Crippen LogP contribution in [0.1, 0.15) is 16.4 Å². The molecule has 1 unspecified atom stereocenters. The molecule has 0 saturated heterocycles. The van der Waals surface area contributed by atoms with E-state index in [4.69, 9.17) is 0 Å². The van der Waals surface area contributed by atoms with E-state index in [0.29, 0.717) is 0 Å². The fraction of sp³-hybridized carbons (Fsp3) is 0.143. The third-order valence-electron chi connectivity index (χ3n) is 2.97. The number of hydrogen-bond donors (Lipinski definition) is 1. The van der Waals surface area contributed by atoms with Gasteiger partial charge in [0.15, 0.2) is 0 Å². The van der Waals surface area contributed by atoms with Crippen molar-refractivity contribution in [2.45, 2.75) is 5.92 Å². The summed E-state index contributed by atoms with van der Waals surface area (Å²) < 4.78 is 0. The molecule has 5 nitrogen and oxygen atoms in total. The van der Waals surface area contributed by atoms with E-state index in [1.54, 1.807) is 42.3 Å². The number of aliphatic hydroxyl groups is 1. The van der Waals surface area contributed by atoms with E-state index in [1.165, 1.54) is 6.33 Å². The van der Waals surface area contributed by atoms with Crippen molar-refractivity contribution in [1.29, 1.82) is 0 Å². The summed E-state index contributed by atoms with van der Waals surface area (Å²) in [5.74, 6) is -0.0751. The minimum Gasteiger partial charge on any atom is -0.395 e. The van der Waals surface area contributed by atoms with Crippen molar-refractivity contribution in [3.05, 3.63) is 59.9 Å². The van der Waals surface area contributed by atoms with Crippen molar-refractivity contribution >= 4 is 11.3 Å². The molecule has 3 heterocycles. The third-order valence-corrected chi connectivity index (χ3v) is 4.13. The summed E-state index contributed by atoms with van der Waals surface area (Å²) in [6.07, 6.45) is 10.2. The van der Waals surface area contributed by atoms with Crippen LogP contribution >= 0.6 is 11.3 Å². The van der Waals surface area contributed by atoms with Crippen molar-refractivity contribution in [3.8, 4) is 10.6 Å². The van der Waals surface area contributed by atoms with Crippen LogP contribution in [-0.2, 0) is 0 Å². The number of aromatic nitrogens is 4. The summed E-state index contributed by atoms with van der Waals surface area (Å²) in [5, 5.41) is 10.5. The second kappa shape index (κ2) is 5.85. The summed E-state index contributed by atoms with van der Waals surface area (Å²) in [6.45, 7) is 0.0386. The Bertz CT molecular complexity index is 672. The van der Waals surface area contributed by atoms with Gasteiger partial charge < -0.3 is 5.11 Å². The van der Waals surface area contributed by atoms with Crippen molar-refractivity contribution in [2.75, 3.05) is 6.61 Å². The van der Waals surface area contributed by atoms with Gasteiger partial charge in [-0.3, -0.25) is 4.98 Å². The average molecular weight is 284 g/mol. The molecule has 0 spiro atoms. The first kappa shape index (κ1) is 12.8. The van der Waals surface area contributed by atoms with E-state index >= 15 is 0 Å². The zero-order valence-corrected chi connectivity index (χ0v) is 11.4. The maximum absolute atomic E-state index is 9.65. The zero-order valence-electron chi connectivity index (χ0n) is 10.5. The number of thiazole rings is 1. The quantitative estimate of drug-likeness (QED) is 0.794. The Hall–Kier alpha value is -2.18. The maximum atomic E-state index is 9.65. The number of aliphatic hydroxyl groups excluding tert-OH is 1. The monoisotopic (exact) mass is 284 g/mol. The van der Waals surface area contributed by atoms with Gasteiger partial charge in [0.2, 0.25) is 0 Å². The zero-order chi connectivity index (χ0) is 13.8. The first-order valence-electron chi connectivity index (χ1n) is 6.10. The highest BCUT2D eigenvalue weighted by Crippen LogP contribution is 2.32. The van der Waals surface area contributed by atoms with E-state index in [2.05, 4.69) is 19.9 Å². The number of nitrogens with zero attached hydrogens (tertiary/aromatic N) is 4. The molecular weight excluding hydrogens is 272 g/mol. The van der Waals surface area contributed by atoms with Crippen LogP contribution in [-0.4, -0.2) is 31.6 Å². The summed E-state index contributed by atoms with van der Waals surface area (Å²) in [5.41, 5.74) is 1.91. The van der Waals surface area contributed by atoms with Crippen molar-refractivity contribution < 1.29 is 5.11 Å². The van der Waals surface area contributed by atoms with E-state index in [9.17, 15) is 5.11 Å². The van der Waals surface area contributed by atoms with Gasteiger partial charge >= 0.3 is 0 Å². The molecule has 0 aliphatic rings. The molecule has 20 heavy (non-hydrogen) atoms.